The predicted molar refractivity (Wildman–Crippen MR) is 169 cm³/mol. The molecule has 0 saturated heterocycles. The van der Waals surface area contributed by atoms with Crippen molar-refractivity contribution in [2.24, 2.45) is 22.2 Å². The standard InChI is InChI=1S/C32H41N7O4/c1-2-3-9-26(30(41)39-27(31(42)43)10-6-17-37-32(35)36)38-29(40)25(18-20-11-13-22(14-12-20)28(33)34)24-16-15-21-7-4-5-8-23(21)19-24/h4-5,7-8,11-16,19,25-27H,2-3,6,9-10,17-18H2,1H3,(H3,33,34)(H,38,40)(H,39,41)(H,42,43)(H4,35,36,37)/t25-,26+,27+/m1/s1. The highest BCUT2D eigenvalue weighted by atomic mass is 16.4. The third-order valence-electron chi connectivity index (χ3n) is 7.24. The van der Waals surface area contributed by atoms with E-state index in [1.54, 1.807) is 12.1 Å². The number of carbonyl (C=O) groups is 3. The molecular formula is C32H41N7O4. The predicted octanol–water partition coefficient (Wildman–Crippen LogP) is 2.75. The van der Waals surface area contributed by atoms with E-state index in [1.807, 2.05) is 61.5 Å². The zero-order chi connectivity index (χ0) is 31.4. The smallest absolute Gasteiger partial charge is 0.326 e. The number of guanidine groups is 1. The molecule has 3 aromatic rings. The molecule has 3 aromatic carbocycles. The van der Waals surface area contributed by atoms with Crippen molar-refractivity contribution in [3.05, 3.63) is 83.4 Å². The minimum Gasteiger partial charge on any atom is -0.480 e. The van der Waals surface area contributed by atoms with Crippen molar-refractivity contribution >= 4 is 40.4 Å². The van der Waals surface area contributed by atoms with Crippen LogP contribution in [0.4, 0.5) is 0 Å². The fourth-order valence-electron chi connectivity index (χ4n) is 4.83. The third kappa shape index (κ3) is 9.84. The fraction of sp³-hybridized carbons (Fsp3) is 0.344. The number of nitrogens with one attached hydrogen (secondary N) is 3. The zero-order valence-electron chi connectivity index (χ0n) is 24.4. The minimum atomic E-state index is -1.18. The number of carboxylic acids is 1. The highest BCUT2D eigenvalue weighted by Gasteiger charge is 2.29. The van der Waals surface area contributed by atoms with Gasteiger partial charge < -0.3 is 32.9 Å². The van der Waals surface area contributed by atoms with Crippen molar-refractivity contribution in [3.8, 4) is 0 Å². The average Bonchev–Trinajstić information content (AvgIpc) is 2.99. The van der Waals surface area contributed by atoms with Crippen LogP contribution in [0.1, 0.15) is 61.6 Å². The molecular weight excluding hydrogens is 546 g/mol. The minimum absolute atomic E-state index is 0.0453. The number of carboxylic acid groups (broad SMARTS) is 1. The summed E-state index contributed by atoms with van der Waals surface area (Å²) in [6.45, 7) is 2.21. The van der Waals surface area contributed by atoms with Gasteiger partial charge in [-0.3, -0.25) is 20.0 Å². The Balaban J connectivity index is 1.85. The summed E-state index contributed by atoms with van der Waals surface area (Å²) >= 11 is 0. The monoisotopic (exact) mass is 587 g/mol. The van der Waals surface area contributed by atoms with E-state index < -0.39 is 29.9 Å². The Morgan fingerprint density at radius 3 is 2.14 bits per heavy atom. The first kappa shape index (κ1) is 32.6. The van der Waals surface area contributed by atoms with Crippen LogP contribution < -0.4 is 27.8 Å². The number of benzene rings is 3. The number of rotatable bonds is 16. The summed E-state index contributed by atoms with van der Waals surface area (Å²) < 4.78 is 0. The van der Waals surface area contributed by atoms with Gasteiger partial charge in [-0.2, -0.15) is 0 Å². The summed E-state index contributed by atoms with van der Waals surface area (Å²) in [5.41, 5.74) is 18.5. The molecule has 0 aliphatic carbocycles. The zero-order valence-corrected chi connectivity index (χ0v) is 24.4. The quantitative estimate of drug-likeness (QED) is 0.0756. The summed E-state index contributed by atoms with van der Waals surface area (Å²) in [6, 6.07) is 18.8. The SMILES string of the molecule is CCCC[C@H](NC(=O)[C@H](Cc1ccc(C(=N)N)cc1)c1ccc2ccccc2c1)C(=O)N[C@@H](CCCN=C(N)N)C(=O)O. The molecule has 0 aliphatic heterocycles. The number of nitrogens with zero attached hydrogens (tertiary/aromatic N) is 1. The van der Waals surface area contributed by atoms with Crippen LogP contribution in [-0.4, -0.2) is 53.3 Å². The van der Waals surface area contributed by atoms with Gasteiger partial charge in [-0.05, 0) is 47.6 Å². The molecule has 3 atom stereocenters. The lowest BCUT2D eigenvalue weighted by Gasteiger charge is -2.24. The molecule has 43 heavy (non-hydrogen) atoms. The van der Waals surface area contributed by atoms with E-state index in [9.17, 15) is 19.5 Å². The van der Waals surface area contributed by atoms with Gasteiger partial charge in [-0.15, -0.1) is 0 Å². The van der Waals surface area contributed by atoms with Crippen molar-refractivity contribution in [1.82, 2.24) is 10.6 Å². The van der Waals surface area contributed by atoms with Crippen molar-refractivity contribution in [2.45, 2.75) is 63.5 Å². The van der Waals surface area contributed by atoms with Crippen LogP contribution in [0.5, 0.6) is 0 Å². The number of hydrogen-bond acceptors (Lipinski definition) is 5. The Kier molecular flexibility index (Phi) is 12.1. The van der Waals surface area contributed by atoms with Crippen LogP contribution in [-0.2, 0) is 20.8 Å². The van der Waals surface area contributed by atoms with E-state index in [0.717, 1.165) is 28.3 Å². The lowest BCUT2D eigenvalue weighted by atomic mass is 9.89. The van der Waals surface area contributed by atoms with Crippen LogP contribution in [0.25, 0.3) is 10.8 Å². The number of aliphatic imine (C=N–C) groups is 1. The number of fused-ring (bicyclic) bond motifs is 1. The Morgan fingerprint density at radius 2 is 1.51 bits per heavy atom. The first-order valence-electron chi connectivity index (χ1n) is 14.4. The molecule has 0 aliphatic rings. The topological polar surface area (TPSA) is 210 Å². The molecule has 0 heterocycles. The second-order valence-corrected chi connectivity index (χ2v) is 10.5. The van der Waals surface area contributed by atoms with E-state index in [2.05, 4.69) is 15.6 Å². The first-order chi connectivity index (χ1) is 20.6. The van der Waals surface area contributed by atoms with Crippen molar-refractivity contribution in [2.75, 3.05) is 6.54 Å². The molecule has 11 nitrogen and oxygen atoms in total. The molecule has 0 unspecified atom stereocenters. The van der Waals surface area contributed by atoms with E-state index in [0.29, 0.717) is 31.2 Å². The van der Waals surface area contributed by atoms with E-state index in [-0.39, 0.29) is 30.7 Å². The van der Waals surface area contributed by atoms with Gasteiger partial charge in [0.1, 0.15) is 17.9 Å². The fourth-order valence-corrected chi connectivity index (χ4v) is 4.83. The van der Waals surface area contributed by atoms with Crippen LogP contribution in [0.2, 0.25) is 0 Å². The molecule has 3 rings (SSSR count). The number of amidine groups is 1. The summed E-state index contributed by atoms with van der Waals surface area (Å²) in [7, 11) is 0. The number of unbranched alkanes of at least 4 members (excludes halogenated alkanes) is 1. The molecule has 0 saturated carbocycles. The lowest BCUT2D eigenvalue weighted by Crippen LogP contribution is -2.52. The normalized spacial score (nSPS) is 13.0. The van der Waals surface area contributed by atoms with Gasteiger partial charge >= 0.3 is 5.97 Å². The number of nitrogens with two attached hydrogens (primary N) is 3. The van der Waals surface area contributed by atoms with Gasteiger partial charge in [0.05, 0.1) is 5.92 Å². The molecule has 0 radical (unpaired) electrons. The molecule has 10 N–H and O–H groups in total. The van der Waals surface area contributed by atoms with E-state index in [1.165, 1.54) is 0 Å². The molecule has 0 bridgehead atoms. The van der Waals surface area contributed by atoms with Crippen LogP contribution in [0.15, 0.2) is 71.7 Å². The Bertz CT molecular complexity index is 1450. The van der Waals surface area contributed by atoms with Crippen LogP contribution in [0, 0.1) is 5.41 Å². The van der Waals surface area contributed by atoms with E-state index >= 15 is 0 Å². The molecule has 2 amide bonds. The van der Waals surface area contributed by atoms with Crippen LogP contribution in [0.3, 0.4) is 0 Å². The maximum absolute atomic E-state index is 13.9. The number of hydrogen-bond donors (Lipinski definition) is 7. The van der Waals surface area contributed by atoms with E-state index in [4.69, 9.17) is 22.6 Å². The maximum atomic E-state index is 13.9. The summed E-state index contributed by atoms with van der Waals surface area (Å²) in [6.07, 6.45) is 2.62. The highest BCUT2D eigenvalue weighted by Crippen LogP contribution is 2.26. The molecule has 0 aromatic heterocycles. The molecule has 11 heteroatoms. The second kappa shape index (κ2) is 15.9. The van der Waals surface area contributed by atoms with Crippen molar-refractivity contribution < 1.29 is 19.5 Å². The van der Waals surface area contributed by atoms with Crippen molar-refractivity contribution in [1.29, 1.82) is 5.41 Å². The van der Waals surface area contributed by atoms with Gasteiger partial charge in [0.15, 0.2) is 5.96 Å². The second-order valence-electron chi connectivity index (χ2n) is 10.5. The number of carbonyl (C=O) groups excluding carboxylic acids is 2. The van der Waals surface area contributed by atoms with Gasteiger partial charge in [0.2, 0.25) is 11.8 Å². The first-order valence-corrected chi connectivity index (χ1v) is 14.4. The summed E-state index contributed by atoms with van der Waals surface area (Å²) in [4.78, 5) is 43.0. The van der Waals surface area contributed by atoms with Crippen molar-refractivity contribution in [3.63, 3.8) is 0 Å². The van der Waals surface area contributed by atoms with Gasteiger partial charge in [-0.25, -0.2) is 4.79 Å². The Morgan fingerprint density at radius 1 is 0.860 bits per heavy atom. The average molecular weight is 588 g/mol. The molecule has 228 valence electrons. The number of nitrogen functional groups attached to an aromatic ring is 1. The van der Waals surface area contributed by atoms with Crippen LogP contribution >= 0.6 is 0 Å². The van der Waals surface area contributed by atoms with Gasteiger partial charge in [-0.1, -0.05) is 86.5 Å². The number of aliphatic carboxylic acids is 1. The molecule has 0 spiro atoms. The maximum Gasteiger partial charge on any atom is 0.326 e. The Hall–Kier alpha value is -4.93. The summed E-state index contributed by atoms with van der Waals surface area (Å²) in [5, 5.41) is 24.9. The molecule has 0 fully saturated rings. The van der Waals surface area contributed by atoms with Gasteiger partial charge in [0, 0.05) is 12.1 Å². The highest BCUT2D eigenvalue weighted by molar-refractivity contribution is 5.95. The van der Waals surface area contributed by atoms with Gasteiger partial charge in [0.25, 0.3) is 0 Å². The lowest BCUT2D eigenvalue weighted by molar-refractivity contribution is -0.142. The Labute approximate surface area is 251 Å². The summed E-state index contributed by atoms with van der Waals surface area (Å²) in [5.74, 6) is -2.85. The number of amides is 2. The third-order valence-corrected chi connectivity index (χ3v) is 7.24. The largest absolute Gasteiger partial charge is 0.480 e.